The minimum absolute atomic E-state index is 0.716. The molecule has 10 heavy (non-hydrogen) atoms. The van der Waals surface area contributed by atoms with Crippen molar-refractivity contribution in [3.63, 3.8) is 0 Å². The Kier molecular flexibility index (Phi) is 3.62. The second-order valence-corrected chi connectivity index (χ2v) is 2.47. The Balaban J connectivity index is 2.25. The van der Waals surface area contributed by atoms with Crippen molar-refractivity contribution in [2.45, 2.75) is 6.92 Å². The first-order chi connectivity index (χ1) is 4.84. The number of rotatable bonds is 3. The molecule has 0 N–H and O–H groups in total. The summed E-state index contributed by atoms with van der Waals surface area (Å²) in [5.41, 5.74) is 0. The van der Waals surface area contributed by atoms with Crippen LogP contribution in [0.3, 0.4) is 0 Å². The molecule has 0 atom stereocenters. The SMILES string of the molecule is CCO[C](=[Cr])[C]1[CH][CH][CH][CH]1. The van der Waals surface area contributed by atoms with Crippen molar-refractivity contribution < 1.29 is 20.6 Å². The molecule has 0 saturated heterocycles. The van der Waals surface area contributed by atoms with E-state index in [4.69, 9.17) is 4.74 Å². The van der Waals surface area contributed by atoms with Crippen LogP contribution >= 0.6 is 0 Å². The molecule has 1 nitrogen and oxygen atoms in total. The zero-order valence-corrected chi connectivity index (χ0v) is 7.11. The topological polar surface area (TPSA) is 9.23 Å². The Morgan fingerprint density at radius 3 is 2.60 bits per heavy atom. The summed E-state index contributed by atoms with van der Waals surface area (Å²) in [5.74, 6) is 1.13. The van der Waals surface area contributed by atoms with E-state index < -0.39 is 0 Å². The fraction of sp³-hybridized carbons (Fsp3) is 0.250. The summed E-state index contributed by atoms with van der Waals surface area (Å²) < 4.78 is 6.13. The molecular weight excluding hydrogens is 164 g/mol. The second kappa shape index (κ2) is 4.28. The van der Waals surface area contributed by atoms with E-state index in [2.05, 4.69) is 15.9 Å². The Bertz CT molecular complexity index is 116. The first-order valence-electron chi connectivity index (χ1n) is 3.23. The van der Waals surface area contributed by atoms with Crippen LogP contribution in [0.5, 0.6) is 0 Å². The van der Waals surface area contributed by atoms with Gasteiger partial charge >= 0.3 is 70.3 Å². The Hall–Kier alpha value is 0.362. The van der Waals surface area contributed by atoms with Crippen LogP contribution in [0.4, 0.5) is 0 Å². The quantitative estimate of drug-likeness (QED) is 0.621. The normalized spacial score (nSPS) is 19.7. The van der Waals surface area contributed by atoms with E-state index in [1.165, 1.54) is 0 Å². The van der Waals surface area contributed by atoms with Gasteiger partial charge in [-0.05, 0) is 0 Å². The van der Waals surface area contributed by atoms with Gasteiger partial charge in [0.1, 0.15) is 0 Å². The molecule has 1 aliphatic carbocycles. The molecule has 53 valence electrons. The molecule has 0 unspecified atom stereocenters. The van der Waals surface area contributed by atoms with Crippen molar-refractivity contribution in [1.82, 2.24) is 0 Å². The van der Waals surface area contributed by atoms with Gasteiger partial charge in [0.05, 0.1) is 0 Å². The van der Waals surface area contributed by atoms with Gasteiger partial charge in [0.25, 0.3) is 0 Å². The summed E-state index contributed by atoms with van der Waals surface area (Å²) in [6, 6.07) is 0. The molecule has 1 aliphatic rings. The van der Waals surface area contributed by atoms with Gasteiger partial charge in [0, 0.05) is 0 Å². The van der Waals surface area contributed by atoms with E-state index in [9.17, 15) is 0 Å². The Morgan fingerprint density at radius 1 is 1.50 bits per heavy atom. The standard InChI is InChI=1S/C8H9O.Cr/c1-2-9-7-8-5-3-4-6-8;/h3-6H,2H2,1H3;. The van der Waals surface area contributed by atoms with Crippen LogP contribution in [0.25, 0.3) is 0 Å². The first kappa shape index (κ1) is 8.46. The van der Waals surface area contributed by atoms with E-state index in [1.54, 1.807) is 0 Å². The molecule has 0 spiro atoms. The third kappa shape index (κ3) is 2.20. The maximum absolute atomic E-state index is 5.25. The summed E-state index contributed by atoms with van der Waals surface area (Å²) >= 11 is 2.87. The molecule has 1 fully saturated rings. The van der Waals surface area contributed by atoms with Crippen molar-refractivity contribution in [1.29, 1.82) is 0 Å². The van der Waals surface area contributed by atoms with Gasteiger partial charge in [-0.1, -0.05) is 0 Å². The van der Waals surface area contributed by atoms with Crippen molar-refractivity contribution in [2.24, 2.45) is 0 Å². The molecule has 0 aromatic carbocycles. The monoisotopic (exact) mass is 173 g/mol. The molecule has 0 bridgehead atoms. The molecule has 1 rings (SSSR count). The zero-order valence-electron chi connectivity index (χ0n) is 5.83. The third-order valence-electron chi connectivity index (χ3n) is 1.17. The summed E-state index contributed by atoms with van der Waals surface area (Å²) in [4.78, 5) is 0. The van der Waals surface area contributed by atoms with Crippen LogP contribution in [-0.4, -0.2) is 11.2 Å². The zero-order chi connectivity index (χ0) is 7.40. The molecule has 0 amide bonds. The Labute approximate surface area is 70.7 Å². The summed E-state index contributed by atoms with van der Waals surface area (Å²) in [5, 5.41) is 0. The van der Waals surface area contributed by atoms with Crippen LogP contribution in [0.15, 0.2) is 0 Å². The predicted molar refractivity (Wildman–Crippen MR) is 37.1 cm³/mol. The minimum atomic E-state index is 0.716. The van der Waals surface area contributed by atoms with Crippen LogP contribution in [0, 0.1) is 31.6 Å². The van der Waals surface area contributed by atoms with Crippen molar-refractivity contribution in [3.05, 3.63) is 31.6 Å². The third-order valence-corrected chi connectivity index (χ3v) is 1.73. The molecule has 0 aliphatic heterocycles. The van der Waals surface area contributed by atoms with Gasteiger partial charge in [0.15, 0.2) is 0 Å². The number of ether oxygens (including phenoxy) is 1. The summed E-state index contributed by atoms with van der Waals surface area (Å²) in [6.07, 6.45) is 8.01. The predicted octanol–water partition coefficient (Wildman–Crippen LogP) is 1.10. The second-order valence-electron chi connectivity index (χ2n) is 1.89. The van der Waals surface area contributed by atoms with Crippen LogP contribution in [-0.2, 0) is 20.6 Å². The first-order valence-corrected chi connectivity index (χ1v) is 3.87. The average molecular weight is 173 g/mol. The number of hydrogen-bond acceptors (Lipinski definition) is 1. The fourth-order valence-corrected chi connectivity index (χ4v) is 1.12. The molecule has 1 saturated carbocycles. The van der Waals surface area contributed by atoms with Gasteiger partial charge < -0.3 is 0 Å². The molecule has 5 radical (unpaired) electrons. The van der Waals surface area contributed by atoms with E-state index in [0.717, 1.165) is 10.5 Å². The maximum atomic E-state index is 5.25. The van der Waals surface area contributed by atoms with Crippen molar-refractivity contribution in [2.75, 3.05) is 6.61 Å². The number of hydrogen-bond donors (Lipinski definition) is 0. The van der Waals surface area contributed by atoms with Gasteiger partial charge in [-0.25, -0.2) is 0 Å². The molecule has 0 heterocycles. The van der Waals surface area contributed by atoms with E-state index in [-0.39, 0.29) is 0 Å². The van der Waals surface area contributed by atoms with E-state index in [0.29, 0.717) is 6.61 Å². The summed E-state index contributed by atoms with van der Waals surface area (Å²) in [6.45, 7) is 2.69. The van der Waals surface area contributed by atoms with Crippen LogP contribution in [0.1, 0.15) is 6.92 Å². The molecule has 0 aromatic rings. The van der Waals surface area contributed by atoms with Crippen molar-refractivity contribution in [3.8, 4) is 0 Å². The van der Waals surface area contributed by atoms with Gasteiger partial charge in [-0.2, -0.15) is 0 Å². The molecule has 2 heteroatoms. The van der Waals surface area contributed by atoms with Gasteiger partial charge in [0.2, 0.25) is 0 Å². The average Bonchev–Trinajstić information content (AvgIpc) is 2.38. The van der Waals surface area contributed by atoms with E-state index in [1.807, 2.05) is 32.6 Å². The van der Waals surface area contributed by atoms with Crippen LogP contribution < -0.4 is 0 Å². The molecular formula is C8H9CrO. The van der Waals surface area contributed by atoms with Crippen molar-refractivity contribution >= 4 is 4.57 Å². The molecule has 0 aromatic heterocycles. The Morgan fingerprint density at radius 2 is 2.10 bits per heavy atom. The van der Waals surface area contributed by atoms with E-state index >= 15 is 0 Å². The fourth-order valence-electron chi connectivity index (χ4n) is 0.725. The van der Waals surface area contributed by atoms with Crippen LogP contribution in [0.2, 0.25) is 0 Å². The van der Waals surface area contributed by atoms with Gasteiger partial charge in [-0.15, -0.1) is 0 Å². The van der Waals surface area contributed by atoms with Gasteiger partial charge in [-0.3, -0.25) is 0 Å². The summed E-state index contributed by atoms with van der Waals surface area (Å²) in [7, 11) is 0.